The molecule has 0 unspecified atom stereocenters. The molecule has 4 nitrogen and oxygen atoms in total. The third kappa shape index (κ3) is 4.22. The van der Waals surface area contributed by atoms with E-state index in [1.807, 2.05) is 13.8 Å². The largest absolute Gasteiger partial charge is 0.326 e. The number of hydrogen-bond donors (Lipinski definition) is 1. The van der Waals surface area contributed by atoms with Crippen molar-refractivity contribution in [3.8, 4) is 0 Å². The Morgan fingerprint density at radius 1 is 1.26 bits per heavy atom. The maximum Gasteiger partial charge on any atom is 0.228 e. The molecule has 0 bridgehead atoms. The zero-order valence-electron chi connectivity index (χ0n) is 14.4. The Balaban J connectivity index is 2.18. The first-order chi connectivity index (χ1) is 10.5. The van der Waals surface area contributed by atoms with Gasteiger partial charge in [0, 0.05) is 11.9 Å². The highest BCUT2D eigenvalue weighted by atomic mass is 32.2. The molecule has 0 aromatic heterocycles. The number of sulfone groups is 1. The predicted molar refractivity (Wildman–Crippen MR) is 93.8 cm³/mol. The van der Waals surface area contributed by atoms with E-state index in [-0.39, 0.29) is 28.9 Å². The van der Waals surface area contributed by atoms with Gasteiger partial charge in [-0.15, -0.1) is 0 Å². The number of allylic oxidation sites excluding steroid dienone is 2. The van der Waals surface area contributed by atoms with Crippen LogP contribution in [0.25, 0.3) is 0 Å². The number of nitrogens with one attached hydrogen (secondary N) is 1. The molecule has 1 aromatic rings. The lowest BCUT2D eigenvalue weighted by Gasteiger charge is -2.11. The first-order valence-corrected chi connectivity index (χ1v) is 9.80. The van der Waals surface area contributed by atoms with Crippen LogP contribution in [0.3, 0.4) is 0 Å². The van der Waals surface area contributed by atoms with Crippen molar-refractivity contribution in [1.82, 2.24) is 0 Å². The van der Waals surface area contributed by atoms with Gasteiger partial charge in [-0.3, -0.25) is 4.79 Å². The summed E-state index contributed by atoms with van der Waals surface area (Å²) < 4.78 is 23.1. The molecule has 2 atom stereocenters. The number of para-hydroxylation sites is 1. The van der Waals surface area contributed by atoms with Crippen LogP contribution in [-0.2, 0) is 20.4 Å². The summed E-state index contributed by atoms with van der Waals surface area (Å²) in [6.07, 6.45) is 3.34. The number of hydrogen-bond acceptors (Lipinski definition) is 3. The highest BCUT2D eigenvalue weighted by Crippen LogP contribution is 2.59. The predicted octanol–water partition coefficient (Wildman–Crippen LogP) is 3.41. The van der Waals surface area contributed by atoms with Gasteiger partial charge in [-0.25, -0.2) is 8.42 Å². The van der Waals surface area contributed by atoms with Crippen molar-refractivity contribution in [2.75, 3.05) is 11.6 Å². The third-order valence-corrected chi connectivity index (χ3v) is 5.23. The van der Waals surface area contributed by atoms with Crippen LogP contribution in [0.5, 0.6) is 0 Å². The summed E-state index contributed by atoms with van der Waals surface area (Å²) in [5, 5.41) is 2.92. The normalized spacial score (nSPS) is 22.3. The minimum atomic E-state index is -3.15. The number of rotatable bonds is 5. The van der Waals surface area contributed by atoms with Crippen molar-refractivity contribution in [2.24, 2.45) is 17.3 Å². The summed E-state index contributed by atoms with van der Waals surface area (Å²) in [5.41, 5.74) is 2.35. The molecule has 1 aliphatic rings. The lowest BCUT2D eigenvalue weighted by molar-refractivity contribution is -0.118. The van der Waals surface area contributed by atoms with Gasteiger partial charge >= 0.3 is 0 Å². The van der Waals surface area contributed by atoms with Gasteiger partial charge in [-0.1, -0.05) is 43.7 Å². The number of carbonyl (C=O) groups excluding carboxylic acids is 1. The second-order valence-electron chi connectivity index (χ2n) is 7.29. The molecule has 1 aromatic carbocycles. The van der Waals surface area contributed by atoms with Crippen molar-refractivity contribution in [3.05, 3.63) is 41.5 Å². The molecule has 0 heterocycles. The fourth-order valence-corrected chi connectivity index (χ4v) is 3.93. The van der Waals surface area contributed by atoms with Crippen molar-refractivity contribution < 1.29 is 13.2 Å². The fourth-order valence-electron chi connectivity index (χ4n) is 3.11. The van der Waals surface area contributed by atoms with Gasteiger partial charge in [0.1, 0.15) is 0 Å². The average Bonchev–Trinajstić information content (AvgIpc) is 2.90. The molecule has 1 aliphatic carbocycles. The van der Waals surface area contributed by atoms with Crippen LogP contribution in [0.15, 0.2) is 35.9 Å². The molecule has 0 radical (unpaired) electrons. The first-order valence-electron chi connectivity index (χ1n) is 7.74. The van der Waals surface area contributed by atoms with Gasteiger partial charge in [-0.2, -0.15) is 0 Å². The molecular formula is C18H25NO3S. The van der Waals surface area contributed by atoms with Crippen molar-refractivity contribution >= 4 is 21.4 Å². The maximum absolute atomic E-state index is 12.6. The highest BCUT2D eigenvalue weighted by Gasteiger charge is 2.60. The molecule has 1 fully saturated rings. The zero-order valence-corrected chi connectivity index (χ0v) is 15.2. The molecule has 1 N–H and O–H groups in total. The Morgan fingerprint density at radius 3 is 2.43 bits per heavy atom. The second-order valence-corrected chi connectivity index (χ2v) is 9.43. The Hall–Kier alpha value is -1.62. The van der Waals surface area contributed by atoms with E-state index < -0.39 is 9.84 Å². The molecule has 23 heavy (non-hydrogen) atoms. The Bertz CT molecular complexity index is 743. The highest BCUT2D eigenvalue weighted by molar-refractivity contribution is 7.89. The smallest absolute Gasteiger partial charge is 0.228 e. The van der Waals surface area contributed by atoms with E-state index >= 15 is 0 Å². The summed E-state index contributed by atoms with van der Waals surface area (Å²) in [6.45, 7) is 8.24. The van der Waals surface area contributed by atoms with Gasteiger partial charge in [0.25, 0.3) is 0 Å². The van der Waals surface area contributed by atoms with Crippen LogP contribution in [-0.4, -0.2) is 20.6 Å². The Morgan fingerprint density at radius 2 is 1.87 bits per heavy atom. The zero-order chi connectivity index (χ0) is 17.4. The van der Waals surface area contributed by atoms with E-state index in [1.165, 1.54) is 11.8 Å². The van der Waals surface area contributed by atoms with Crippen molar-refractivity contribution in [3.63, 3.8) is 0 Å². The fraction of sp³-hybridized carbons (Fsp3) is 0.500. The average molecular weight is 335 g/mol. The van der Waals surface area contributed by atoms with Crippen LogP contribution in [0.1, 0.15) is 33.3 Å². The SMILES string of the molecule is CC(C)=C[C@@H]1[C@@H](C(=O)Nc2ccccc2CS(C)(=O)=O)C1(C)C. The molecular weight excluding hydrogens is 310 g/mol. The van der Waals surface area contributed by atoms with E-state index in [0.29, 0.717) is 11.3 Å². The van der Waals surface area contributed by atoms with Crippen LogP contribution in [0.2, 0.25) is 0 Å². The molecule has 1 saturated carbocycles. The van der Waals surface area contributed by atoms with Gasteiger partial charge in [0.2, 0.25) is 5.91 Å². The minimum absolute atomic E-state index is 0.0431. The van der Waals surface area contributed by atoms with Crippen LogP contribution < -0.4 is 5.32 Å². The topological polar surface area (TPSA) is 63.2 Å². The van der Waals surface area contributed by atoms with Crippen molar-refractivity contribution in [2.45, 2.75) is 33.4 Å². The van der Waals surface area contributed by atoms with E-state index in [1.54, 1.807) is 24.3 Å². The molecule has 0 spiro atoms. The number of anilines is 1. The van der Waals surface area contributed by atoms with Gasteiger partial charge in [0.05, 0.1) is 11.7 Å². The van der Waals surface area contributed by atoms with Crippen LogP contribution in [0.4, 0.5) is 5.69 Å². The summed E-state index contributed by atoms with van der Waals surface area (Å²) >= 11 is 0. The number of carbonyl (C=O) groups is 1. The number of amides is 1. The lowest BCUT2D eigenvalue weighted by Crippen LogP contribution is -2.18. The molecule has 1 amide bonds. The van der Waals surface area contributed by atoms with Gasteiger partial charge in [0.15, 0.2) is 9.84 Å². The quantitative estimate of drug-likeness (QED) is 0.839. The summed E-state index contributed by atoms with van der Waals surface area (Å²) in [4.78, 5) is 12.6. The summed E-state index contributed by atoms with van der Waals surface area (Å²) in [5.74, 6) is 0.0336. The molecule has 0 saturated heterocycles. The Labute approximate surface area is 138 Å². The summed E-state index contributed by atoms with van der Waals surface area (Å²) in [7, 11) is -3.15. The molecule has 0 aliphatic heterocycles. The molecule has 2 rings (SSSR count). The monoisotopic (exact) mass is 335 g/mol. The third-order valence-electron chi connectivity index (χ3n) is 4.40. The first kappa shape index (κ1) is 17.7. The van der Waals surface area contributed by atoms with E-state index in [4.69, 9.17) is 0 Å². The second kappa shape index (κ2) is 6.11. The van der Waals surface area contributed by atoms with Crippen LogP contribution >= 0.6 is 0 Å². The lowest BCUT2D eigenvalue weighted by atomic mass is 10.1. The van der Waals surface area contributed by atoms with E-state index in [2.05, 4.69) is 25.2 Å². The van der Waals surface area contributed by atoms with E-state index in [0.717, 1.165) is 0 Å². The summed E-state index contributed by atoms with van der Waals surface area (Å²) in [6, 6.07) is 7.07. The molecule has 126 valence electrons. The molecule has 5 heteroatoms. The van der Waals surface area contributed by atoms with Gasteiger partial charge < -0.3 is 5.32 Å². The maximum atomic E-state index is 12.6. The van der Waals surface area contributed by atoms with E-state index in [9.17, 15) is 13.2 Å². The van der Waals surface area contributed by atoms with Crippen LogP contribution in [0, 0.1) is 17.3 Å². The van der Waals surface area contributed by atoms with Gasteiger partial charge in [-0.05, 0) is 36.8 Å². The Kier molecular flexibility index (Phi) is 4.71. The number of benzene rings is 1. The standard InChI is InChI=1S/C18H25NO3S/c1-12(2)10-14-16(18(14,3)4)17(20)19-15-9-7-6-8-13(15)11-23(5,21)22/h6-10,14,16H,11H2,1-5H3,(H,19,20)/t14-,16+/m1/s1. The van der Waals surface area contributed by atoms with Crippen molar-refractivity contribution in [1.29, 1.82) is 0 Å². The minimum Gasteiger partial charge on any atom is -0.326 e.